The summed E-state index contributed by atoms with van der Waals surface area (Å²) in [7, 11) is 0. The predicted molar refractivity (Wildman–Crippen MR) is 89.2 cm³/mol. The molecular formula is C10H22O4S4. The van der Waals surface area contributed by atoms with Gasteiger partial charge < -0.3 is 10.2 Å². The summed E-state index contributed by atoms with van der Waals surface area (Å²) in [5, 5.41) is 15.3. The number of hydrogen-bond acceptors (Lipinski definition) is 6. The van der Waals surface area contributed by atoms with Gasteiger partial charge in [0, 0.05) is 0 Å². The lowest BCUT2D eigenvalue weighted by Crippen LogP contribution is -1.92. The molecule has 0 spiro atoms. The van der Waals surface area contributed by atoms with Crippen LogP contribution in [0.1, 0.15) is 25.7 Å². The smallest absolute Gasteiger partial charge is 0.313 e. The van der Waals surface area contributed by atoms with Crippen molar-refractivity contribution >= 4 is 62.5 Å². The van der Waals surface area contributed by atoms with Crippen LogP contribution in [0.5, 0.6) is 0 Å². The Hall–Kier alpha value is 0.340. The summed E-state index contributed by atoms with van der Waals surface area (Å²) in [6.45, 7) is 0. The van der Waals surface area contributed by atoms with Crippen LogP contribution in [-0.4, -0.2) is 45.2 Å². The Kier molecular flexibility index (Phi) is 29.3. The zero-order chi connectivity index (χ0) is 14.8. The average Bonchev–Trinajstić information content (AvgIpc) is 2.36. The number of hydrogen-bond donors (Lipinski definition) is 6. The molecule has 8 heteroatoms. The van der Waals surface area contributed by atoms with E-state index in [1.165, 1.54) is 25.7 Å². The maximum Gasteiger partial charge on any atom is 0.313 e. The summed E-state index contributed by atoms with van der Waals surface area (Å²) in [6.07, 6.45) is 5.17. The van der Waals surface area contributed by atoms with Crippen molar-refractivity contribution in [3.63, 3.8) is 0 Å². The molecule has 0 aromatic rings. The van der Waals surface area contributed by atoms with Gasteiger partial charge in [0.2, 0.25) is 0 Å². The largest absolute Gasteiger partial charge is 0.481 e. The van der Waals surface area contributed by atoms with Gasteiger partial charge in [-0.2, -0.15) is 50.5 Å². The molecule has 0 aromatic heterocycles. The van der Waals surface area contributed by atoms with E-state index in [1.807, 2.05) is 0 Å². The minimum Gasteiger partial charge on any atom is -0.481 e. The fraction of sp³-hybridized carbons (Fsp3) is 0.800. The number of unbranched alkanes of at least 4 members (excludes halogenated alkanes) is 3. The third kappa shape index (κ3) is 44.1. The molecule has 0 rings (SSSR count). The number of carbonyl (C=O) groups is 2. The molecule has 0 atom stereocenters. The van der Waals surface area contributed by atoms with Gasteiger partial charge in [-0.3, -0.25) is 9.59 Å². The van der Waals surface area contributed by atoms with Crippen molar-refractivity contribution in [3.8, 4) is 0 Å². The third-order valence-electron chi connectivity index (χ3n) is 1.34. The maximum absolute atomic E-state index is 9.29. The molecule has 0 saturated carbocycles. The Balaban J connectivity index is -0.000000197. The van der Waals surface area contributed by atoms with Crippen molar-refractivity contribution in [2.45, 2.75) is 25.7 Å². The second-order valence-corrected chi connectivity index (χ2v) is 4.49. The van der Waals surface area contributed by atoms with Crippen LogP contribution in [0.15, 0.2) is 0 Å². The van der Waals surface area contributed by atoms with E-state index < -0.39 is 11.9 Å². The van der Waals surface area contributed by atoms with Gasteiger partial charge in [0.15, 0.2) is 0 Å². The van der Waals surface area contributed by atoms with Crippen LogP contribution < -0.4 is 0 Å². The second-order valence-electron chi connectivity index (χ2n) is 2.97. The Labute approximate surface area is 131 Å². The number of thiol groups is 4. The first-order valence-corrected chi connectivity index (χ1v) is 7.86. The van der Waals surface area contributed by atoms with E-state index in [4.69, 9.17) is 10.2 Å². The van der Waals surface area contributed by atoms with Gasteiger partial charge in [-0.05, 0) is 24.3 Å². The van der Waals surface area contributed by atoms with Crippen LogP contribution in [0.2, 0.25) is 0 Å². The molecule has 0 aromatic carbocycles. The molecule has 110 valence electrons. The quantitative estimate of drug-likeness (QED) is 0.319. The van der Waals surface area contributed by atoms with Crippen molar-refractivity contribution in [1.82, 2.24) is 0 Å². The van der Waals surface area contributed by atoms with Crippen LogP contribution in [0.25, 0.3) is 0 Å². The van der Waals surface area contributed by atoms with Crippen LogP contribution in [0, 0.1) is 0 Å². The first kappa shape index (κ1) is 23.4. The molecule has 0 bridgehead atoms. The third-order valence-corrected chi connectivity index (χ3v) is 2.51. The van der Waals surface area contributed by atoms with E-state index in [0.717, 1.165) is 11.5 Å². The lowest BCUT2D eigenvalue weighted by molar-refractivity contribution is -0.134. The number of carboxylic acids is 2. The first-order chi connectivity index (χ1) is 8.45. The van der Waals surface area contributed by atoms with E-state index in [1.54, 1.807) is 0 Å². The van der Waals surface area contributed by atoms with Crippen LogP contribution in [-0.2, 0) is 9.59 Å². The SMILES string of the molecule is O=C(O)CS.O=C(O)CS.SCCCCCCS. The molecule has 0 aliphatic heterocycles. The molecule has 0 amide bonds. The monoisotopic (exact) mass is 334 g/mol. The maximum atomic E-state index is 9.29. The van der Waals surface area contributed by atoms with Crippen LogP contribution >= 0.6 is 50.5 Å². The van der Waals surface area contributed by atoms with E-state index in [2.05, 4.69) is 50.5 Å². The lowest BCUT2D eigenvalue weighted by atomic mass is 10.2. The normalized spacial score (nSPS) is 8.44. The molecule has 2 N–H and O–H groups in total. The van der Waals surface area contributed by atoms with Gasteiger partial charge in [0.05, 0.1) is 11.5 Å². The van der Waals surface area contributed by atoms with Gasteiger partial charge in [0.1, 0.15) is 0 Å². The second kappa shape index (κ2) is 22.5. The fourth-order valence-electron chi connectivity index (χ4n) is 0.577. The van der Waals surface area contributed by atoms with Crippen molar-refractivity contribution in [1.29, 1.82) is 0 Å². The molecule has 18 heavy (non-hydrogen) atoms. The van der Waals surface area contributed by atoms with E-state index in [0.29, 0.717) is 0 Å². The van der Waals surface area contributed by atoms with Crippen molar-refractivity contribution in [3.05, 3.63) is 0 Å². The van der Waals surface area contributed by atoms with E-state index in [9.17, 15) is 9.59 Å². The standard InChI is InChI=1S/C6H14S2.2C2H4O2S/c7-5-3-1-2-4-6-8;2*3-2(4)1-5/h7-8H,1-6H2;2*5H,1H2,(H,3,4). The van der Waals surface area contributed by atoms with Gasteiger partial charge >= 0.3 is 11.9 Å². The Morgan fingerprint density at radius 1 is 0.667 bits per heavy atom. The minimum atomic E-state index is -0.881. The van der Waals surface area contributed by atoms with Crippen molar-refractivity contribution in [2.75, 3.05) is 23.0 Å². The molecule has 0 aliphatic rings. The predicted octanol–water partition coefficient (Wildman–Crippen LogP) is 2.41. The molecule has 0 unspecified atom stereocenters. The number of rotatable bonds is 7. The molecule has 0 heterocycles. The van der Waals surface area contributed by atoms with E-state index in [-0.39, 0.29) is 11.5 Å². The molecule has 4 nitrogen and oxygen atoms in total. The first-order valence-electron chi connectivity index (χ1n) is 5.33. The van der Waals surface area contributed by atoms with Crippen molar-refractivity contribution < 1.29 is 19.8 Å². The van der Waals surface area contributed by atoms with Gasteiger partial charge in [-0.15, -0.1) is 0 Å². The van der Waals surface area contributed by atoms with Gasteiger partial charge in [-0.1, -0.05) is 12.8 Å². The fourth-order valence-corrected chi connectivity index (χ4v) is 1.02. The highest BCUT2D eigenvalue weighted by Crippen LogP contribution is 2.00. The summed E-state index contributed by atoms with van der Waals surface area (Å²) >= 11 is 15.0. The van der Waals surface area contributed by atoms with Gasteiger partial charge in [-0.25, -0.2) is 0 Å². The molecule has 0 fully saturated rings. The highest BCUT2D eigenvalue weighted by Gasteiger charge is 1.84. The summed E-state index contributed by atoms with van der Waals surface area (Å²) < 4.78 is 0. The van der Waals surface area contributed by atoms with E-state index >= 15 is 0 Å². The zero-order valence-electron chi connectivity index (χ0n) is 10.2. The number of aliphatic carboxylic acids is 2. The molecule has 0 saturated heterocycles. The van der Waals surface area contributed by atoms with Crippen LogP contribution in [0.4, 0.5) is 0 Å². The van der Waals surface area contributed by atoms with Crippen molar-refractivity contribution in [2.24, 2.45) is 0 Å². The molecule has 0 radical (unpaired) electrons. The highest BCUT2D eigenvalue weighted by molar-refractivity contribution is 7.81. The average molecular weight is 335 g/mol. The lowest BCUT2D eigenvalue weighted by Gasteiger charge is -1.93. The van der Waals surface area contributed by atoms with Crippen LogP contribution in [0.3, 0.4) is 0 Å². The summed E-state index contributed by atoms with van der Waals surface area (Å²) in [5.74, 6) is 0.140. The summed E-state index contributed by atoms with van der Waals surface area (Å²) in [4.78, 5) is 18.6. The topological polar surface area (TPSA) is 74.6 Å². The molecule has 0 aliphatic carbocycles. The summed E-state index contributed by atoms with van der Waals surface area (Å²) in [5.41, 5.74) is 0. The number of carboxylic acid groups (broad SMARTS) is 2. The Bertz CT molecular complexity index is 171. The Morgan fingerprint density at radius 3 is 1.00 bits per heavy atom. The zero-order valence-corrected chi connectivity index (χ0v) is 13.7. The Morgan fingerprint density at radius 2 is 0.889 bits per heavy atom. The molecular weight excluding hydrogens is 312 g/mol. The summed E-state index contributed by atoms with van der Waals surface area (Å²) in [6, 6.07) is 0. The van der Waals surface area contributed by atoms with Gasteiger partial charge in [0.25, 0.3) is 0 Å². The minimum absolute atomic E-state index is 0.0833. The highest BCUT2D eigenvalue weighted by atomic mass is 32.1.